The summed E-state index contributed by atoms with van der Waals surface area (Å²) in [6.45, 7) is 1.37. The number of carbonyl (C=O) groups is 1. The van der Waals surface area contributed by atoms with Crippen molar-refractivity contribution in [3.8, 4) is 0 Å². The molecule has 0 fully saturated rings. The van der Waals surface area contributed by atoms with Gasteiger partial charge >= 0.3 is 11.6 Å². The number of rotatable bonds is 3. The minimum absolute atomic E-state index is 0.0143. The van der Waals surface area contributed by atoms with Gasteiger partial charge in [0.15, 0.2) is 0 Å². The van der Waals surface area contributed by atoms with E-state index in [1.165, 1.54) is 37.3 Å². The van der Waals surface area contributed by atoms with Crippen LogP contribution in [0.5, 0.6) is 0 Å². The van der Waals surface area contributed by atoms with Gasteiger partial charge in [0.1, 0.15) is 0 Å². The third kappa shape index (κ3) is 1.98. The standard InChI is InChI=1S/C15H11N3O6/c1-15(10-4-2-9(3-5-10)14(19)20)16(21)12-7-6-11(18(23)24)8-13(12)17(15)22/h2-8H,1H3,(H,19,20). The predicted molar refractivity (Wildman–Crippen MR) is 82.3 cm³/mol. The Morgan fingerprint density at radius 3 is 2.21 bits per heavy atom. The van der Waals surface area contributed by atoms with E-state index in [-0.39, 0.29) is 27.5 Å². The van der Waals surface area contributed by atoms with Crippen LogP contribution in [0.4, 0.5) is 5.69 Å². The summed E-state index contributed by atoms with van der Waals surface area (Å²) < 4.78 is 0.868. The number of benzene rings is 2. The van der Waals surface area contributed by atoms with Crippen molar-refractivity contribution in [3.05, 3.63) is 84.8 Å². The molecular weight excluding hydrogens is 318 g/mol. The van der Waals surface area contributed by atoms with Crippen LogP contribution in [0.2, 0.25) is 0 Å². The van der Waals surface area contributed by atoms with Gasteiger partial charge in [-0.05, 0) is 24.3 Å². The second-order valence-electron chi connectivity index (χ2n) is 5.42. The Balaban J connectivity index is 2.24. The van der Waals surface area contributed by atoms with Gasteiger partial charge in [0.2, 0.25) is 0 Å². The normalized spacial score (nSPS) is 19.2. The van der Waals surface area contributed by atoms with E-state index in [9.17, 15) is 25.3 Å². The molecule has 1 aliphatic heterocycles. The van der Waals surface area contributed by atoms with E-state index >= 15 is 0 Å². The molecule has 24 heavy (non-hydrogen) atoms. The Morgan fingerprint density at radius 2 is 1.67 bits per heavy atom. The summed E-state index contributed by atoms with van der Waals surface area (Å²) in [6, 6.07) is 8.74. The molecule has 1 unspecified atom stereocenters. The number of aromatic carboxylic acids is 1. The lowest BCUT2D eigenvalue weighted by Crippen LogP contribution is -2.46. The highest BCUT2D eigenvalue weighted by atomic mass is 16.6. The van der Waals surface area contributed by atoms with Crippen molar-refractivity contribution in [1.29, 1.82) is 0 Å². The molecule has 122 valence electrons. The minimum Gasteiger partial charge on any atom is -0.618 e. The Labute approximate surface area is 134 Å². The van der Waals surface area contributed by atoms with E-state index in [1.807, 2.05) is 0 Å². The molecule has 1 atom stereocenters. The largest absolute Gasteiger partial charge is 0.618 e. The van der Waals surface area contributed by atoms with E-state index in [2.05, 4.69) is 0 Å². The molecule has 0 saturated carbocycles. The summed E-state index contributed by atoms with van der Waals surface area (Å²) in [7, 11) is 0. The monoisotopic (exact) mass is 329 g/mol. The molecule has 0 radical (unpaired) electrons. The first-order valence-electron chi connectivity index (χ1n) is 6.84. The molecular formula is C15H11N3O6. The number of hydrogen-bond acceptors (Lipinski definition) is 5. The number of nitro groups is 1. The first-order valence-corrected chi connectivity index (χ1v) is 6.84. The lowest BCUT2D eigenvalue weighted by Gasteiger charge is -2.22. The summed E-state index contributed by atoms with van der Waals surface area (Å²) in [5, 5.41) is 45.0. The van der Waals surface area contributed by atoms with Crippen LogP contribution >= 0.6 is 0 Å². The fourth-order valence-corrected chi connectivity index (χ4v) is 2.67. The average Bonchev–Trinajstić information content (AvgIpc) is 2.77. The first kappa shape index (κ1) is 15.4. The molecule has 1 heterocycles. The van der Waals surface area contributed by atoms with Gasteiger partial charge in [-0.1, -0.05) is 0 Å². The van der Waals surface area contributed by atoms with Crippen molar-refractivity contribution in [2.24, 2.45) is 0 Å². The van der Waals surface area contributed by atoms with Crippen LogP contribution in [0.25, 0.3) is 0 Å². The Kier molecular flexibility index (Phi) is 3.22. The molecule has 2 aromatic carbocycles. The van der Waals surface area contributed by atoms with Gasteiger partial charge in [0, 0.05) is 12.1 Å². The van der Waals surface area contributed by atoms with Crippen LogP contribution in [0, 0.1) is 20.5 Å². The molecule has 0 spiro atoms. The molecule has 3 rings (SSSR count). The van der Waals surface area contributed by atoms with Gasteiger partial charge in [0.05, 0.1) is 29.0 Å². The maximum Gasteiger partial charge on any atom is 0.396 e. The number of carboxylic acids is 1. The molecule has 1 N–H and O–H groups in total. The molecule has 0 aliphatic carbocycles. The smallest absolute Gasteiger partial charge is 0.396 e. The molecule has 0 saturated heterocycles. The summed E-state index contributed by atoms with van der Waals surface area (Å²) in [4.78, 5) is 21.1. The summed E-state index contributed by atoms with van der Waals surface area (Å²) in [5.74, 6) is -1.13. The van der Waals surface area contributed by atoms with E-state index in [0.717, 1.165) is 12.1 Å². The van der Waals surface area contributed by atoms with Crippen molar-refractivity contribution in [3.63, 3.8) is 0 Å². The highest BCUT2D eigenvalue weighted by Gasteiger charge is 2.49. The average molecular weight is 329 g/mol. The molecule has 9 heteroatoms. The summed E-state index contributed by atoms with van der Waals surface area (Å²) in [5.41, 5.74) is -1.69. The van der Waals surface area contributed by atoms with Crippen molar-refractivity contribution >= 4 is 11.7 Å². The Hall–Kier alpha value is -3.49. The zero-order valence-corrected chi connectivity index (χ0v) is 12.4. The maximum atomic E-state index is 12.7. The number of nitro benzene ring substituents is 1. The minimum atomic E-state index is -1.69. The zero-order chi connectivity index (χ0) is 17.6. The van der Waals surface area contributed by atoms with Crippen molar-refractivity contribution in [2.75, 3.05) is 0 Å². The maximum absolute atomic E-state index is 12.7. The quantitative estimate of drug-likeness (QED) is 0.369. The number of nitrogens with zero attached hydrogens (tertiary/aromatic N) is 3. The highest BCUT2D eigenvalue weighted by molar-refractivity contribution is 5.87. The van der Waals surface area contributed by atoms with Crippen LogP contribution in [0.3, 0.4) is 0 Å². The van der Waals surface area contributed by atoms with Crippen molar-refractivity contribution < 1.29 is 14.8 Å². The van der Waals surface area contributed by atoms with Gasteiger partial charge < -0.3 is 15.5 Å². The van der Waals surface area contributed by atoms with E-state index in [1.54, 1.807) is 0 Å². The lowest BCUT2D eigenvalue weighted by atomic mass is 10.0. The number of carboxylic acid groups (broad SMARTS) is 1. The number of fused-ring (bicyclic) bond motifs is 1. The third-order valence-electron chi connectivity index (χ3n) is 4.08. The molecule has 0 aromatic heterocycles. The fraction of sp³-hybridized carbons (Fsp3) is 0.133. The van der Waals surface area contributed by atoms with Crippen LogP contribution < -0.4 is 20.2 Å². The van der Waals surface area contributed by atoms with E-state index in [0.29, 0.717) is 9.48 Å². The van der Waals surface area contributed by atoms with E-state index < -0.39 is 16.6 Å². The molecule has 0 bridgehead atoms. The lowest BCUT2D eigenvalue weighted by molar-refractivity contribution is -0.385. The number of hydrogen-bond donors (Lipinski definition) is 1. The second-order valence-corrected chi connectivity index (χ2v) is 5.42. The Morgan fingerprint density at radius 1 is 1.08 bits per heavy atom. The number of hydroxylamine groups is 2. The summed E-state index contributed by atoms with van der Waals surface area (Å²) >= 11 is 0. The van der Waals surface area contributed by atoms with Crippen LogP contribution in [-0.4, -0.2) is 16.0 Å². The topological polar surface area (TPSA) is 133 Å². The predicted octanol–water partition coefficient (Wildman–Crippen LogP) is 0.157. The fourth-order valence-electron chi connectivity index (χ4n) is 2.67. The van der Waals surface area contributed by atoms with E-state index in [4.69, 9.17) is 5.11 Å². The van der Waals surface area contributed by atoms with Crippen molar-refractivity contribution in [1.82, 2.24) is 9.48 Å². The summed E-state index contributed by atoms with van der Waals surface area (Å²) in [6.07, 6.45) is 0. The van der Waals surface area contributed by atoms with Gasteiger partial charge in [-0.2, -0.15) is 0 Å². The Bertz CT molecular complexity index is 999. The molecule has 0 amide bonds. The van der Waals surface area contributed by atoms with Gasteiger partial charge in [0.25, 0.3) is 16.4 Å². The second kappa shape index (κ2) is 5.01. The van der Waals surface area contributed by atoms with Gasteiger partial charge in [-0.3, -0.25) is 10.1 Å². The molecule has 1 aliphatic rings. The SMILES string of the molecule is CC1(c2ccc(C(=O)O)cc2)[N+]([O-])=c2ccc([N+](=O)[O-])cc2=[N+]1[O-]. The highest BCUT2D eigenvalue weighted by Crippen LogP contribution is 2.24. The zero-order valence-electron chi connectivity index (χ0n) is 12.4. The van der Waals surface area contributed by atoms with Crippen molar-refractivity contribution in [2.45, 2.75) is 12.6 Å². The molecule has 9 nitrogen and oxygen atoms in total. The molecule has 2 aromatic rings. The van der Waals surface area contributed by atoms with Gasteiger partial charge in [-0.25, -0.2) is 4.79 Å². The van der Waals surface area contributed by atoms with Crippen LogP contribution in [0.15, 0.2) is 42.5 Å². The van der Waals surface area contributed by atoms with Crippen LogP contribution in [-0.2, 0) is 5.66 Å². The number of non-ortho nitro benzene ring substituents is 1. The van der Waals surface area contributed by atoms with Crippen LogP contribution in [0.1, 0.15) is 22.8 Å². The van der Waals surface area contributed by atoms with Gasteiger partial charge in [-0.15, -0.1) is 9.48 Å². The first-order chi connectivity index (χ1) is 11.3. The third-order valence-corrected chi connectivity index (χ3v) is 4.08.